The van der Waals surface area contributed by atoms with Gasteiger partial charge in [-0.2, -0.15) is 18.3 Å². The van der Waals surface area contributed by atoms with E-state index in [-0.39, 0.29) is 17.8 Å². The van der Waals surface area contributed by atoms with Crippen molar-refractivity contribution in [2.45, 2.75) is 12.7 Å². The van der Waals surface area contributed by atoms with Crippen LogP contribution in [0.2, 0.25) is 0 Å². The van der Waals surface area contributed by atoms with Crippen LogP contribution in [-0.4, -0.2) is 20.5 Å². The molecule has 0 atom stereocenters. The van der Waals surface area contributed by atoms with E-state index in [1.54, 1.807) is 36.4 Å². The monoisotopic (exact) mass is 429 g/mol. The second-order valence-electron chi connectivity index (χ2n) is 6.73. The van der Waals surface area contributed by atoms with Gasteiger partial charge in [0.25, 0.3) is 5.91 Å². The Labute approximate surface area is 173 Å². The van der Waals surface area contributed by atoms with Crippen LogP contribution in [0.15, 0.2) is 60.9 Å². The Morgan fingerprint density at radius 3 is 2.48 bits per heavy atom. The molecular weight excluding hydrogens is 414 g/mol. The average molecular weight is 429 g/mol. The average Bonchev–Trinajstić information content (AvgIpc) is 3.22. The van der Waals surface area contributed by atoms with E-state index >= 15 is 0 Å². The predicted molar refractivity (Wildman–Crippen MR) is 106 cm³/mol. The molecule has 0 spiro atoms. The molecular formula is C21H15F4N5O. The third-order valence-corrected chi connectivity index (χ3v) is 4.72. The number of primary amides is 1. The lowest BCUT2D eigenvalue weighted by Crippen LogP contribution is -2.13. The highest BCUT2D eigenvalue weighted by atomic mass is 19.4. The molecule has 158 valence electrons. The summed E-state index contributed by atoms with van der Waals surface area (Å²) in [6.45, 7) is 0.123. The van der Waals surface area contributed by atoms with E-state index in [0.29, 0.717) is 17.4 Å². The van der Waals surface area contributed by atoms with E-state index in [9.17, 15) is 22.4 Å². The molecule has 31 heavy (non-hydrogen) atoms. The third kappa shape index (κ3) is 4.04. The van der Waals surface area contributed by atoms with Gasteiger partial charge in [-0.25, -0.2) is 13.9 Å². The second kappa shape index (κ2) is 7.71. The molecule has 4 aromatic rings. The molecule has 0 bridgehead atoms. The van der Waals surface area contributed by atoms with E-state index in [4.69, 9.17) is 5.73 Å². The molecule has 0 saturated carbocycles. The van der Waals surface area contributed by atoms with Crippen LogP contribution in [0.1, 0.15) is 21.5 Å². The number of hydrogen-bond donors (Lipinski definition) is 2. The van der Waals surface area contributed by atoms with Gasteiger partial charge >= 0.3 is 6.18 Å². The van der Waals surface area contributed by atoms with Gasteiger partial charge in [0.05, 0.1) is 22.5 Å². The maximum atomic E-state index is 13.9. The number of nitrogens with zero attached hydrogens (tertiary/aromatic N) is 3. The van der Waals surface area contributed by atoms with E-state index in [0.717, 1.165) is 23.3 Å². The van der Waals surface area contributed by atoms with Crippen LogP contribution in [0.25, 0.3) is 16.9 Å². The van der Waals surface area contributed by atoms with Crippen molar-refractivity contribution in [2.24, 2.45) is 5.73 Å². The molecule has 0 radical (unpaired) electrons. The minimum Gasteiger partial charge on any atom is -0.379 e. The van der Waals surface area contributed by atoms with Crippen molar-refractivity contribution in [3.05, 3.63) is 83.4 Å². The maximum absolute atomic E-state index is 13.9. The summed E-state index contributed by atoms with van der Waals surface area (Å²) in [6, 6.07) is 12.5. The summed E-state index contributed by atoms with van der Waals surface area (Å²) in [4.78, 5) is 15.6. The van der Waals surface area contributed by atoms with Crippen molar-refractivity contribution in [1.82, 2.24) is 14.6 Å². The quantitative estimate of drug-likeness (QED) is 0.464. The fraction of sp³-hybridized carbons (Fsp3) is 0.0952. The number of rotatable bonds is 5. The summed E-state index contributed by atoms with van der Waals surface area (Å²) < 4.78 is 53.9. The Morgan fingerprint density at radius 1 is 1.06 bits per heavy atom. The Hall–Kier alpha value is -3.95. The zero-order valence-corrected chi connectivity index (χ0v) is 15.8. The van der Waals surface area contributed by atoms with Crippen LogP contribution in [0, 0.1) is 5.82 Å². The topological polar surface area (TPSA) is 85.3 Å². The number of fused-ring (bicyclic) bond motifs is 1. The number of halogens is 4. The van der Waals surface area contributed by atoms with Crippen molar-refractivity contribution < 1.29 is 22.4 Å². The zero-order valence-electron chi connectivity index (χ0n) is 15.8. The van der Waals surface area contributed by atoms with Crippen LogP contribution in [0.4, 0.5) is 23.2 Å². The van der Waals surface area contributed by atoms with Crippen LogP contribution in [0.5, 0.6) is 0 Å². The first-order chi connectivity index (χ1) is 14.7. The van der Waals surface area contributed by atoms with Gasteiger partial charge in [0, 0.05) is 12.1 Å². The minimum absolute atomic E-state index is 0.123. The molecule has 2 aromatic heterocycles. The number of amides is 1. The van der Waals surface area contributed by atoms with Crippen LogP contribution in [0.3, 0.4) is 0 Å². The first kappa shape index (κ1) is 20.3. The third-order valence-electron chi connectivity index (χ3n) is 4.72. The van der Waals surface area contributed by atoms with Gasteiger partial charge in [-0.05, 0) is 35.9 Å². The number of carbonyl (C=O) groups excluding carboxylic acids is 1. The molecule has 0 unspecified atom stereocenters. The highest BCUT2D eigenvalue weighted by Crippen LogP contribution is 2.32. The van der Waals surface area contributed by atoms with Gasteiger partial charge in [-0.15, -0.1) is 0 Å². The zero-order chi connectivity index (χ0) is 22.2. The van der Waals surface area contributed by atoms with Crippen molar-refractivity contribution in [2.75, 3.05) is 5.32 Å². The fourth-order valence-corrected chi connectivity index (χ4v) is 3.15. The number of nitrogens with one attached hydrogen (secondary N) is 1. The lowest BCUT2D eigenvalue weighted by Gasteiger charge is -2.12. The number of alkyl halides is 3. The van der Waals surface area contributed by atoms with E-state index in [2.05, 4.69) is 15.4 Å². The lowest BCUT2D eigenvalue weighted by molar-refractivity contribution is -0.137. The van der Waals surface area contributed by atoms with Gasteiger partial charge in [0.2, 0.25) is 0 Å². The van der Waals surface area contributed by atoms with Gasteiger partial charge < -0.3 is 11.1 Å². The summed E-state index contributed by atoms with van der Waals surface area (Å²) in [5, 5.41) is 6.82. The Morgan fingerprint density at radius 2 is 1.81 bits per heavy atom. The molecule has 4 rings (SSSR count). The number of carbonyl (C=O) groups is 1. The number of benzene rings is 2. The number of nitrogens with two attached hydrogens (primary N) is 1. The lowest BCUT2D eigenvalue weighted by atomic mass is 10.1. The molecule has 0 aliphatic rings. The molecule has 3 N–H and O–H groups in total. The second-order valence-corrected chi connectivity index (χ2v) is 6.73. The van der Waals surface area contributed by atoms with Crippen molar-refractivity contribution >= 4 is 17.2 Å². The molecule has 0 saturated heterocycles. The standard InChI is InChI=1S/C21H15F4N5O/c22-16-7-5-14(21(23,24)25)9-17(16)27-10-12-1-3-13(4-2-12)18-8-6-15(19(26)31)20-28-11-29-30(18)20/h1-9,11,27H,10H2,(H2,26,31). The highest BCUT2D eigenvalue weighted by Gasteiger charge is 2.31. The fourth-order valence-electron chi connectivity index (χ4n) is 3.15. The van der Waals surface area contributed by atoms with Crippen molar-refractivity contribution in [3.8, 4) is 11.3 Å². The first-order valence-electron chi connectivity index (χ1n) is 9.06. The number of hydrogen-bond acceptors (Lipinski definition) is 4. The van der Waals surface area contributed by atoms with Crippen LogP contribution >= 0.6 is 0 Å². The molecule has 0 fully saturated rings. The summed E-state index contributed by atoms with van der Waals surface area (Å²) in [5.74, 6) is -1.39. The van der Waals surface area contributed by atoms with Crippen LogP contribution in [-0.2, 0) is 12.7 Å². The first-order valence-corrected chi connectivity index (χ1v) is 9.06. The Bertz CT molecular complexity index is 1270. The molecule has 0 aliphatic carbocycles. The van der Waals surface area contributed by atoms with Gasteiger partial charge in [-0.1, -0.05) is 24.3 Å². The van der Waals surface area contributed by atoms with E-state index in [1.807, 2.05) is 0 Å². The van der Waals surface area contributed by atoms with Crippen LogP contribution < -0.4 is 11.1 Å². The SMILES string of the molecule is NC(=O)c1ccc(-c2ccc(CNc3cc(C(F)(F)F)ccc3F)cc2)n2ncnc12. The summed E-state index contributed by atoms with van der Waals surface area (Å²) in [6.07, 6.45) is -3.24. The van der Waals surface area contributed by atoms with Gasteiger partial charge in [0.1, 0.15) is 12.1 Å². The van der Waals surface area contributed by atoms with Crippen molar-refractivity contribution in [1.29, 1.82) is 0 Å². The highest BCUT2D eigenvalue weighted by molar-refractivity contribution is 5.99. The van der Waals surface area contributed by atoms with E-state index in [1.165, 1.54) is 10.8 Å². The predicted octanol–water partition coefficient (Wildman–Crippen LogP) is 4.27. The Kier molecular flexibility index (Phi) is 5.05. The number of aromatic nitrogens is 3. The van der Waals surface area contributed by atoms with Crippen molar-refractivity contribution in [3.63, 3.8) is 0 Å². The largest absolute Gasteiger partial charge is 0.416 e. The smallest absolute Gasteiger partial charge is 0.379 e. The summed E-state index contributed by atoms with van der Waals surface area (Å²) in [5.41, 5.74) is 6.93. The van der Waals surface area contributed by atoms with E-state index < -0.39 is 23.5 Å². The molecule has 0 aliphatic heterocycles. The van der Waals surface area contributed by atoms with Gasteiger partial charge in [0.15, 0.2) is 5.65 Å². The molecule has 6 nitrogen and oxygen atoms in total. The normalized spacial score (nSPS) is 11.6. The molecule has 2 heterocycles. The maximum Gasteiger partial charge on any atom is 0.416 e. The molecule has 10 heteroatoms. The Balaban J connectivity index is 1.55. The number of anilines is 1. The minimum atomic E-state index is -4.55. The summed E-state index contributed by atoms with van der Waals surface area (Å²) in [7, 11) is 0. The van der Waals surface area contributed by atoms with Gasteiger partial charge in [-0.3, -0.25) is 4.79 Å². The summed E-state index contributed by atoms with van der Waals surface area (Å²) >= 11 is 0. The molecule has 2 aromatic carbocycles. The molecule has 1 amide bonds. The number of pyridine rings is 1.